The number of carboxylic acid groups (broad SMARTS) is 1. The molecule has 0 bridgehead atoms. The van der Waals surface area contributed by atoms with Crippen molar-refractivity contribution in [2.24, 2.45) is 0 Å². The van der Waals surface area contributed by atoms with Gasteiger partial charge in [0.05, 0.1) is 5.56 Å². The van der Waals surface area contributed by atoms with Gasteiger partial charge in [0.1, 0.15) is 5.69 Å². The Hall–Kier alpha value is -1.91. The van der Waals surface area contributed by atoms with E-state index in [1.54, 1.807) is 4.90 Å². The quantitative estimate of drug-likeness (QED) is 0.770. The van der Waals surface area contributed by atoms with Crippen LogP contribution in [-0.2, 0) is 0 Å². The van der Waals surface area contributed by atoms with Crippen LogP contribution in [-0.4, -0.2) is 40.0 Å². The highest BCUT2D eigenvalue weighted by molar-refractivity contribution is 5.95. The molecule has 0 spiro atoms. The van der Waals surface area contributed by atoms with Gasteiger partial charge in [-0.25, -0.2) is 9.78 Å². The lowest BCUT2D eigenvalue weighted by Gasteiger charge is -2.30. The van der Waals surface area contributed by atoms with Crippen LogP contribution >= 0.6 is 0 Å². The van der Waals surface area contributed by atoms with Gasteiger partial charge in [0.2, 0.25) is 0 Å². The number of nitrogens with zero attached hydrogens (tertiary/aromatic N) is 2. The summed E-state index contributed by atoms with van der Waals surface area (Å²) >= 11 is 0. The lowest BCUT2D eigenvalue weighted by Crippen LogP contribution is -2.42. The van der Waals surface area contributed by atoms with Gasteiger partial charge in [-0.2, -0.15) is 0 Å². The molecule has 2 heterocycles. The van der Waals surface area contributed by atoms with Gasteiger partial charge in [-0.3, -0.25) is 4.79 Å². The van der Waals surface area contributed by atoms with Crippen LogP contribution in [0.4, 0.5) is 0 Å². The summed E-state index contributed by atoms with van der Waals surface area (Å²) in [6.07, 6.45) is 2.34. The standard InChI is InChI=1S/C10H10N2O3/c13-9(12-4-1-5-12)7-2-3-8(10(14)15)11-6-7/h2-3,6H,1,4-5H2,(H,14,15). The van der Waals surface area contributed by atoms with Crippen LogP contribution < -0.4 is 0 Å². The molecular weight excluding hydrogens is 196 g/mol. The van der Waals surface area contributed by atoms with Crippen molar-refractivity contribution >= 4 is 11.9 Å². The van der Waals surface area contributed by atoms with E-state index in [2.05, 4.69) is 4.98 Å². The van der Waals surface area contributed by atoms with Gasteiger partial charge in [-0.05, 0) is 18.6 Å². The molecule has 0 unspecified atom stereocenters. The van der Waals surface area contributed by atoms with Crippen LogP contribution in [0.3, 0.4) is 0 Å². The fraction of sp³-hybridized carbons (Fsp3) is 0.300. The van der Waals surface area contributed by atoms with E-state index in [9.17, 15) is 9.59 Å². The lowest BCUT2D eigenvalue weighted by molar-refractivity contribution is 0.0646. The Balaban J connectivity index is 2.15. The van der Waals surface area contributed by atoms with Crippen molar-refractivity contribution in [3.63, 3.8) is 0 Å². The maximum atomic E-state index is 11.6. The molecule has 1 aromatic heterocycles. The van der Waals surface area contributed by atoms with Crippen molar-refractivity contribution in [3.8, 4) is 0 Å². The summed E-state index contributed by atoms with van der Waals surface area (Å²) in [6, 6.07) is 2.84. The molecule has 0 saturated carbocycles. The number of pyridine rings is 1. The first-order valence-corrected chi connectivity index (χ1v) is 4.67. The van der Waals surface area contributed by atoms with Crippen molar-refractivity contribution in [2.75, 3.05) is 13.1 Å². The number of carboxylic acids is 1. The Morgan fingerprint density at radius 1 is 1.33 bits per heavy atom. The number of aromatic nitrogens is 1. The molecule has 0 aliphatic carbocycles. The monoisotopic (exact) mass is 206 g/mol. The van der Waals surface area contributed by atoms with Crippen LogP contribution in [0.2, 0.25) is 0 Å². The molecule has 1 aromatic rings. The summed E-state index contributed by atoms with van der Waals surface area (Å²) in [6.45, 7) is 1.55. The molecule has 1 aliphatic rings. The summed E-state index contributed by atoms with van der Waals surface area (Å²) in [4.78, 5) is 27.6. The number of amides is 1. The normalized spacial score (nSPS) is 14.5. The smallest absolute Gasteiger partial charge is 0.354 e. The Labute approximate surface area is 86.3 Å². The minimum Gasteiger partial charge on any atom is -0.477 e. The highest BCUT2D eigenvalue weighted by Crippen LogP contribution is 2.11. The zero-order chi connectivity index (χ0) is 10.8. The second kappa shape index (κ2) is 3.68. The van der Waals surface area contributed by atoms with Crippen molar-refractivity contribution in [1.29, 1.82) is 0 Å². The van der Waals surface area contributed by atoms with Crippen molar-refractivity contribution in [2.45, 2.75) is 6.42 Å². The third-order valence-electron chi connectivity index (χ3n) is 2.37. The third-order valence-corrected chi connectivity index (χ3v) is 2.37. The van der Waals surface area contributed by atoms with Crippen LogP contribution in [0.5, 0.6) is 0 Å². The number of likely N-dealkylation sites (tertiary alicyclic amines) is 1. The fourth-order valence-electron chi connectivity index (χ4n) is 1.35. The Morgan fingerprint density at radius 3 is 2.47 bits per heavy atom. The Kier molecular flexibility index (Phi) is 2.37. The molecule has 1 saturated heterocycles. The van der Waals surface area contributed by atoms with Gasteiger partial charge in [0.25, 0.3) is 5.91 Å². The molecule has 0 atom stereocenters. The van der Waals surface area contributed by atoms with Crippen LogP contribution in [0.1, 0.15) is 27.3 Å². The minimum atomic E-state index is -1.09. The van der Waals surface area contributed by atoms with Crippen molar-refractivity contribution < 1.29 is 14.7 Å². The summed E-state index contributed by atoms with van der Waals surface area (Å²) in [7, 11) is 0. The summed E-state index contributed by atoms with van der Waals surface area (Å²) in [5.41, 5.74) is 0.398. The van der Waals surface area contributed by atoms with Gasteiger partial charge in [0, 0.05) is 19.3 Å². The number of hydrogen-bond donors (Lipinski definition) is 1. The zero-order valence-electron chi connectivity index (χ0n) is 8.01. The first kappa shape index (κ1) is 9.64. The maximum absolute atomic E-state index is 11.6. The van der Waals surface area contributed by atoms with E-state index in [0.29, 0.717) is 5.56 Å². The SMILES string of the molecule is O=C(O)c1ccc(C(=O)N2CCC2)cn1. The van der Waals surface area contributed by atoms with E-state index in [4.69, 9.17) is 5.11 Å². The van der Waals surface area contributed by atoms with Crippen molar-refractivity contribution in [3.05, 3.63) is 29.6 Å². The summed E-state index contributed by atoms with van der Waals surface area (Å²) in [5, 5.41) is 8.62. The van der Waals surface area contributed by atoms with Crippen LogP contribution in [0, 0.1) is 0 Å². The van der Waals surface area contributed by atoms with Gasteiger partial charge in [-0.15, -0.1) is 0 Å². The van der Waals surface area contributed by atoms with Crippen molar-refractivity contribution in [1.82, 2.24) is 9.88 Å². The van der Waals surface area contributed by atoms with E-state index >= 15 is 0 Å². The second-order valence-electron chi connectivity index (χ2n) is 3.38. The number of hydrogen-bond acceptors (Lipinski definition) is 3. The molecule has 1 amide bonds. The maximum Gasteiger partial charge on any atom is 0.354 e. The number of carbonyl (C=O) groups excluding carboxylic acids is 1. The van der Waals surface area contributed by atoms with E-state index in [1.807, 2.05) is 0 Å². The topological polar surface area (TPSA) is 70.5 Å². The van der Waals surface area contributed by atoms with E-state index in [-0.39, 0.29) is 11.6 Å². The molecule has 15 heavy (non-hydrogen) atoms. The highest BCUT2D eigenvalue weighted by Gasteiger charge is 2.21. The van der Waals surface area contributed by atoms with Crippen LogP contribution in [0.15, 0.2) is 18.3 Å². The zero-order valence-corrected chi connectivity index (χ0v) is 8.01. The highest BCUT2D eigenvalue weighted by atomic mass is 16.4. The van der Waals surface area contributed by atoms with Gasteiger partial charge in [-0.1, -0.05) is 0 Å². The molecule has 5 nitrogen and oxygen atoms in total. The molecule has 0 radical (unpaired) electrons. The molecule has 5 heteroatoms. The number of rotatable bonds is 2. The molecule has 0 aromatic carbocycles. The first-order valence-electron chi connectivity index (χ1n) is 4.67. The number of aromatic carboxylic acids is 1. The molecule has 2 rings (SSSR count). The molecule has 1 fully saturated rings. The molecule has 1 aliphatic heterocycles. The molecule has 78 valence electrons. The van der Waals surface area contributed by atoms with Gasteiger partial charge in [0.15, 0.2) is 0 Å². The molecule has 1 N–H and O–H groups in total. The van der Waals surface area contributed by atoms with E-state index in [1.165, 1.54) is 18.3 Å². The largest absolute Gasteiger partial charge is 0.477 e. The summed E-state index contributed by atoms with van der Waals surface area (Å²) in [5.74, 6) is -1.16. The van der Waals surface area contributed by atoms with Gasteiger partial charge >= 0.3 is 5.97 Å². The lowest BCUT2D eigenvalue weighted by atomic mass is 10.1. The third kappa shape index (κ3) is 1.81. The Morgan fingerprint density at radius 2 is 2.07 bits per heavy atom. The predicted octanol–water partition coefficient (Wildman–Crippen LogP) is 0.626. The van der Waals surface area contributed by atoms with Gasteiger partial charge < -0.3 is 10.0 Å². The first-order chi connectivity index (χ1) is 7.18. The average Bonchev–Trinajstić information content (AvgIpc) is 2.15. The summed E-state index contributed by atoms with van der Waals surface area (Å²) < 4.78 is 0. The number of carbonyl (C=O) groups is 2. The fourth-order valence-corrected chi connectivity index (χ4v) is 1.35. The van der Waals surface area contributed by atoms with E-state index < -0.39 is 5.97 Å². The Bertz CT molecular complexity index is 396. The molecular formula is C10H10N2O3. The minimum absolute atomic E-state index is 0.0461. The second-order valence-corrected chi connectivity index (χ2v) is 3.38. The average molecular weight is 206 g/mol. The van der Waals surface area contributed by atoms with Crippen LogP contribution in [0.25, 0.3) is 0 Å². The van der Waals surface area contributed by atoms with E-state index in [0.717, 1.165) is 19.5 Å². The predicted molar refractivity (Wildman–Crippen MR) is 51.7 cm³/mol.